The number of H-pyrrole nitrogens is 1. The molecule has 0 radical (unpaired) electrons. The molecule has 83 heavy (non-hydrogen) atoms. The molecular formula is C59H83N11O13. The summed E-state index contributed by atoms with van der Waals surface area (Å²) in [5.41, 5.74) is 14.2. The number of aliphatic hydroxyl groups is 2. The third kappa shape index (κ3) is 19.9. The average Bonchev–Trinajstić information content (AvgIpc) is 4.15. The van der Waals surface area contributed by atoms with Crippen molar-refractivity contribution in [3.63, 3.8) is 0 Å². The van der Waals surface area contributed by atoms with E-state index < -0.39 is 120 Å². The van der Waals surface area contributed by atoms with Crippen LogP contribution in [0.4, 0.5) is 0 Å². The van der Waals surface area contributed by atoms with Crippen LogP contribution in [0.15, 0.2) is 85.1 Å². The van der Waals surface area contributed by atoms with Crippen LogP contribution in [0.2, 0.25) is 0 Å². The monoisotopic (exact) mass is 1150 g/mol. The first kappa shape index (κ1) is 65.9. The van der Waals surface area contributed by atoms with Gasteiger partial charge in [-0.1, -0.05) is 94.8 Å². The maximum absolute atomic E-state index is 14.9. The summed E-state index contributed by atoms with van der Waals surface area (Å²) >= 11 is 0. The Balaban J connectivity index is 1.36. The number of carbonyl (C=O) groups is 9. The first-order valence-corrected chi connectivity index (χ1v) is 28.3. The fraction of sp³-hybridized carbons (Fsp3) is 0.508. The number of hydrogen-bond donors (Lipinski definition) is 14. The van der Waals surface area contributed by atoms with Crippen LogP contribution in [0.5, 0.6) is 5.75 Å². The molecule has 1 fully saturated rings. The zero-order valence-electron chi connectivity index (χ0n) is 47.8. The zero-order valence-corrected chi connectivity index (χ0v) is 47.8. The molecule has 0 unspecified atom stereocenters. The molecule has 0 aliphatic carbocycles. The van der Waals surface area contributed by atoms with Gasteiger partial charge in [-0.15, -0.1) is 0 Å². The summed E-state index contributed by atoms with van der Waals surface area (Å²) in [6, 6.07) is 9.55. The van der Waals surface area contributed by atoms with E-state index in [1.54, 1.807) is 36.5 Å². The Labute approximate surface area is 483 Å². The number of carboxylic acids is 1. The fourth-order valence-electron chi connectivity index (χ4n) is 9.87. The largest absolute Gasteiger partial charge is 0.508 e. The molecule has 1 saturated heterocycles. The predicted molar refractivity (Wildman–Crippen MR) is 308 cm³/mol. The van der Waals surface area contributed by atoms with Gasteiger partial charge in [0.05, 0.1) is 18.8 Å². The highest BCUT2D eigenvalue weighted by Gasteiger charge is 2.41. The van der Waals surface area contributed by atoms with Crippen LogP contribution in [-0.4, -0.2) is 164 Å². The van der Waals surface area contributed by atoms with Crippen molar-refractivity contribution >= 4 is 64.1 Å². The fourth-order valence-corrected chi connectivity index (χ4v) is 9.87. The number of nitrogens with zero attached hydrogens (tertiary/aromatic N) is 1. The molecular weight excluding hydrogens is 1070 g/mol. The first-order valence-electron chi connectivity index (χ1n) is 28.3. The van der Waals surface area contributed by atoms with E-state index in [4.69, 9.17) is 11.5 Å². The number of carboxylic acid groups (broad SMARTS) is 1. The lowest BCUT2D eigenvalue weighted by molar-refractivity contribution is -0.143. The van der Waals surface area contributed by atoms with Crippen molar-refractivity contribution < 1.29 is 63.6 Å². The van der Waals surface area contributed by atoms with Gasteiger partial charge in [-0.2, -0.15) is 0 Å². The third-order valence-electron chi connectivity index (χ3n) is 14.3. The molecule has 1 aliphatic heterocycles. The van der Waals surface area contributed by atoms with Gasteiger partial charge in [0.25, 0.3) is 0 Å². The van der Waals surface area contributed by atoms with E-state index in [1.165, 1.54) is 36.1 Å². The van der Waals surface area contributed by atoms with Gasteiger partial charge in [0, 0.05) is 42.9 Å². The van der Waals surface area contributed by atoms with Gasteiger partial charge in [0.1, 0.15) is 54.1 Å². The Morgan fingerprint density at radius 3 is 1.81 bits per heavy atom. The molecule has 4 aromatic rings. The number of nitrogens with one attached hydrogen (secondary N) is 8. The molecule has 24 heteroatoms. The van der Waals surface area contributed by atoms with Crippen molar-refractivity contribution in [2.75, 3.05) is 19.7 Å². The highest BCUT2D eigenvalue weighted by molar-refractivity contribution is 5.99. The normalized spacial score (nSPS) is 16.5. The van der Waals surface area contributed by atoms with Crippen molar-refractivity contribution in [1.29, 1.82) is 0 Å². The number of aromatic hydroxyl groups is 1. The maximum Gasteiger partial charge on any atom is 0.326 e. The van der Waals surface area contributed by atoms with E-state index in [0.29, 0.717) is 42.5 Å². The molecule has 0 saturated carbocycles. The number of aliphatic hydroxyl groups excluding tert-OH is 2. The van der Waals surface area contributed by atoms with E-state index in [1.807, 2.05) is 52.0 Å². The second-order valence-corrected chi connectivity index (χ2v) is 22.1. The minimum atomic E-state index is -1.76. The van der Waals surface area contributed by atoms with Crippen LogP contribution in [0, 0.1) is 11.8 Å². The number of para-hydroxylation sites is 1. The Morgan fingerprint density at radius 2 is 1.17 bits per heavy atom. The summed E-state index contributed by atoms with van der Waals surface area (Å²) < 4.78 is 0. The number of phenolic OH excluding ortho intramolecular Hbond substituents is 1. The molecule has 10 atom stereocenters. The van der Waals surface area contributed by atoms with E-state index >= 15 is 0 Å². The Bertz CT molecular complexity index is 2830. The Hall–Kier alpha value is -7.93. The average molecular weight is 1150 g/mol. The summed E-state index contributed by atoms with van der Waals surface area (Å²) in [6.45, 7) is 7.93. The molecule has 1 aliphatic rings. The van der Waals surface area contributed by atoms with Crippen molar-refractivity contribution in [3.8, 4) is 5.75 Å². The number of rotatable bonds is 32. The molecule has 8 amide bonds. The van der Waals surface area contributed by atoms with E-state index in [9.17, 15) is 63.6 Å². The number of hydrogen-bond acceptors (Lipinski definition) is 14. The minimum absolute atomic E-state index is 0.0485. The topological polar surface area (TPSA) is 390 Å². The van der Waals surface area contributed by atoms with Crippen LogP contribution in [0.25, 0.3) is 10.9 Å². The number of carbonyl (C=O) groups excluding carboxylic acids is 8. The first-order chi connectivity index (χ1) is 39.5. The van der Waals surface area contributed by atoms with Crippen molar-refractivity contribution in [2.24, 2.45) is 23.3 Å². The lowest BCUT2D eigenvalue weighted by Crippen LogP contribution is -2.62. The highest BCUT2D eigenvalue weighted by Crippen LogP contribution is 2.23. The maximum atomic E-state index is 14.9. The van der Waals surface area contributed by atoms with Crippen molar-refractivity contribution in [1.82, 2.24) is 47.1 Å². The number of nitrogens with two attached hydrogens (primary N) is 2. The molecule has 24 nitrogen and oxygen atoms in total. The van der Waals surface area contributed by atoms with Gasteiger partial charge in [-0.25, -0.2) is 4.79 Å². The van der Waals surface area contributed by atoms with E-state index in [0.717, 1.165) is 10.9 Å². The van der Waals surface area contributed by atoms with Gasteiger partial charge in [0.15, 0.2) is 0 Å². The van der Waals surface area contributed by atoms with E-state index in [-0.39, 0.29) is 69.1 Å². The predicted octanol–water partition coefficient (Wildman–Crippen LogP) is 0.292. The third-order valence-corrected chi connectivity index (χ3v) is 14.3. The number of aliphatic carboxylic acids is 1. The van der Waals surface area contributed by atoms with Crippen LogP contribution in [-0.2, 0) is 62.4 Å². The quantitative estimate of drug-likeness (QED) is 0.0292. The second-order valence-electron chi connectivity index (χ2n) is 22.1. The van der Waals surface area contributed by atoms with Crippen LogP contribution in [0.1, 0.15) is 96.3 Å². The lowest BCUT2D eigenvalue weighted by atomic mass is 9.99. The van der Waals surface area contributed by atoms with Crippen LogP contribution in [0.3, 0.4) is 0 Å². The van der Waals surface area contributed by atoms with Gasteiger partial charge in [-0.05, 0) is 98.7 Å². The number of unbranched alkanes of at least 4 members (excludes halogenated alkanes) is 1. The van der Waals surface area contributed by atoms with Crippen molar-refractivity contribution in [3.05, 3.63) is 102 Å². The number of likely N-dealkylation sites (tertiary alicyclic amines) is 1. The number of benzene rings is 3. The number of amides is 8. The molecule has 5 rings (SSSR count). The smallest absolute Gasteiger partial charge is 0.326 e. The van der Waals surface area contributed by atoms with Gasteiger partial charge < -0.3 is 79.0 Å². The van der Waals surface area contributed by atoms with Gasteiger partial charge in [-0.3, -0.25) is 38.4 Å². The molecule has 3 aromatic carbocycles. The van der Waals surface area contributed by atoms with Crippen LogP contribution >= 0.6 is 0 Å². The molecule has 0 bridgehead atoms. The molecule has 452 valence electrons. The zero-order chi connectivity index (χ0) is 60.9. The number of aromatic nitrogens is 1. The lowest BCUT2D eigenvalue weighted by Gasteiger charge is -2.31. The Morgan fingerprint density at radius 1 is 0.627 bits per heavy atom. The Kier molecular flexibility index (Phi) is 25.4. The second kappa shape index (κ2) is 32.1. The molecule has 1 aromatic heterocycles. The number of phenols is 1. The summed E-state index contributed by atoms with van der Waals surface area (Å²) in [5, 5.41) is 60.2. The number of fused-ring (bicyclic) bond motifs is 1. The SMILES string of the molecule is CC(C)C[C@H](NC(=O)[C@H](CC(C)C)NC(=O)[C@H](Cc1c[nH]c2ccccc12)NC(=O)[C@@H]1CCCN1C(=O)[C@H](Cc1ccccc1)NC(=O)[C@H](CO)NC(=O)[C@@H](NC(=O)[C@H](Cc1ccc(O)cc1)NC(=O)[C@@H](N)CCCCN)[C@@H](C)O)C(=O)O. The number of aromatic amines is 1. The van der Waals surface area contributed by atoms with Gasteiger partial charge >= 0.3 is 5.97 Å². The van der Waals surface area contributed by atoms with E-state index in [2.05, 4.69) is 42.2 Å². The standard InChI is InChI=1S/C59H83N11O13/c1-33(2)26-43(52(75)67-47(59(82)83)27-34(3)4)64-53(76)45(30-38-31-62-42-18-10-9-16-40(38)42)65-56(79)49-19-13-25-70(49)58(81)46(29-36-14-7-6-8-15-36)66-55(78)48(32-71)68-57(80)50(35(5)72)69-54(77)44(28-37-20-22-39(73)23-21-37)63-51(74)41(61)17-11-12-24-60/h6-10,14-16,18,20-23,31,33-35,41,43-50,62,71-73H,11-13,17,19,24-30,32,60-61H2,1-5H3,(H,63,74)(H,64,76)(H,65,79)(H,66,78)(H,67,75)(H,68,80)(H,69,77)(H,82,83)/t35-,41+,43+,44+,45+,46+,47+,48+,49+,50+/m1/s1. The highest BCUT2D eigenvalue weighted by atomic mass is 16.4. The molecule has 16 N–H and O–H groups in total. The summed E-state index contributed by atoms with van der Waals surface area (Å²) in [5.74, 6) is -8.10. The van der Waals surface area contributed by atoms with Gasteiger partial charge in [0.2, 0.25) is 47.3 Å². The minimum Gasteiger partial charge on any atom is -0.508 e. The van der Waals surface area contributed by atoms with Crippen LogP contribution < -0.4 is 48.7 Å². The molecule has 2 heterocycles. The summed E-state index contributed by atoms with van der Waals surface area (Å²) in [6.07, 6.45) is 1.98. The summed E-state index contributed by atoms with van der Waals surface area (Å²) in [7, 11) is 0. The summed E-state index contributed by atoms with van der Waals surface area (Å²) in [4.78, 5) is 130. The molecule has 0 spiro atoms. The van der Waals surface area contributed by atoms with Crippen molar-refractivity contribution in [2.45, 2.75) is 159 Å².